The maximum absolute atomic E-state index is 12.3. The van der Waals surface area contributed by atoms with Gasteiger partial charge in [0.15, 0.2) is 0 Å². The fourth-order valence-corrected chi connectivity index (χ4v) is 2.10. The van der Waals surface area contributed by atoms with Crippen molar-refractivity contribution in [1.82, 2.24) is 10.3 Å². The van der Waals surface area contributed by atoms with E-state index in [-0.39, 0.29) is 17.7 Å². The van der Waals surface area contributed by atoms with Crippen molar-refractivity contribution in [1.29, 1.82) is 0 Å². The third-order valence-corrected chi connectivity index (χ3v) is 3.36. The van der Waals surface area contributed by atoms with E-state index >= 15 is 0 Å². The van der Waals surface area contributed by atoms with Crippen LogP contribution in [0.15, 0.2) is 48.7 Å². The summed E-state index contributed by atoms with van der Waals surface area (Å²) in [6.45, 7) is 1.59. The number of aromatic nitrogens is 1. The van der Waals surface area contributed by atoms with Crippen LogP contribution >= 0.6 is 0 Å². The highest BCUT2D eigenvalue weighted by atomic mass is 16.4. The molecule has 25 heavy (non-hydrogen) atoms. The molecule has 4 N–H and O–H groups in total. The van der Waals surface area contributed by atoms with Crippen LogP contribution in [0, 0.1) is 0 Å². The Kier molecular flexibility index (Phi) is 5.80. The number of rotatable bonds is 6. The second-order valence-corrected chi connectivity index (χ2v) is 5.42. The number of carboxylic acids is 1. The number of hydrogen-bond donors (Lipinski definition) is 3. The Bertz CT molecular complexity index is 762. The summed E-state index contributed by atoms with van der Waals surface area (Å²) in [5.41, 5.74) is 0.817. The van der Waals surface area contributed by atoms with Crippen LogP contribution in [-0.4, -0.2) is 33.9 Å². The van der Waals surface area contributed by atoms with Crippen LogP contribution in [0.2, 0.25) is 0 Å². The summed E-state index contributed by atoms with van der Waals surface area (Å²) in [7, 11) is 0. The summed E-state index contributed by atoms with van der Waals surface area (Å²) in [6.07, 6.45) is 1.06. The lowest BCUT2D eigenvalue weighted by Crippen LogP contribution is -2.38. The second-order valence-electron chi connectivity index (χ2n) is 5.42. The van der Waals surface area contributed by atoms with Crippen LogP contribution < -0.4 is 16.2 Å². The molecule has 1 unspecified atom stereocenters. The molecule has 0 radical (unpaired) electrons. The summed E-state index contributed by atoms with van der Waals surface area (Å²) in [4.78, 5) is 38.9. The highest BCUT2D eigenvalue weighted by Gasteiger charge is 2.17. The van der Waals surface area contributed by atoms with E-state index in [1.165, 1.54) is 18.3 Å². The molecule has 130 valence electrons. The number of nitrogens with one attached hydrogen (secondary N) is 1. The van der Waals surface area contributed by atoms with E-state index < -0.39 is 23.8 Å². The van der Waals surface area contributed by atoms with E-state index in [0.29, 0.717) is 5.69 Å². The molecule has 8 heteroatoms. The van der Waals surface area contributed by atoms with Crippen LogP contribution in [-0.2, 0) is 4.79 Å². The van der Waals surface area contributed by atoms with Gasteiger partial charge in [0, 0.05) is 12.2 Å². The van der Waals surface area contributed by atoms with Gasteiger partial charge in [-0.2, -0.15) is 0 Å². The number of pyridine rings is 1. The minimum Gasteiger partial charge on any atom is -0.481 e. The largest absolute Gasteiger partial charge is 0.481 e. The van der Waals surface area contributed by atoms with Crippen molar-refractivity contribution in [2.75, 3.05) is 5.01 Å². The first kappa shape index (κ1) is 18.1. The van der Waals surface area contributed by atoms with Crippen molar-refractivity contribution in [2.45, 2.75) is 19.4 Å². The summed E-state index contributed by atoms with van der Waals surface area (Å²) in [5, 5.41) is 12.2. The number of nitrogens with two attached hydrogens (primary N) is 1. The number of carboxylic acid groups (broad SMARTS) is 1. The number of para-hydroxylation sites is 1. The van der Waals surface area contributed by atoms with Crippen molar-refractivity contribution in [3.8, 4) is 0 Å². The average Bonchev–Trinajstić information content (AvgIpc) is 2.60. The van der Waals surface area contributed by atoms with Gasteiger partial charge >= 0.3 is 5.97 Å². The number of nitrogens with zero attached hydrogens (tertiary/aromatic N) is 2. The number of aliphatic carboxylic acids is 1. The van der Waals surface area contributed by atoms with Gasteiger partial charge in [-0.25, -0.2) is 10.9 Å². The molecular weight excluding hydrogens is 324 g/mol. The molecule has 0 aliphatic carbocycles. The quantitative estimate of drug-likeness (QED) is 0.411. The predicted molar refractivity (Wildman–Crippen MR) is 90.9 cm³/mol. The molecule has 8 nitrogen and oxygen atoms in total. The first-order valence-corrected chi connectivity index (χ1v) is 7.51. The molecule has 0 saturated carbocycles. The van der Waals surface area contributed by atoms with Crippen molar-refractivity contribution in [3.05, 3.63) is 59.9 Å². The summed E-state index contributed by atoms with van der Waals surface area (Å²) in [6, 6.07) is 11.0. The van der Waals surface area contributed by atoms with Crippen LogP contribution in [0.5, 0.6) is 0 Å². The lowest BCUT2D eigenvalue weighted by Gasteiger charge is -2.16. The zero-order chi connectivity index (χ0) is 18.4. The normalized spacial score (nSPS) is 11.4. The number of hydrogen-bond acceptors (Lipinski definition) is 5. The summed E-state index contributed by atoms with van der Waals surface area (Å²) >= 11 is 0. The van der Waals surface area contributed by atoms with E-state index in [0.717, 1.165) is 5.01 Å². The van der Waals surface area contributed by atoms with E-state index in [2.05, 4.69) is 10.3 Å². The molecule has 2 amide bonds. The molecule has 0 fully saturated rings. The fraction of sp³-hybridized carbons (Fsp3) is 0.176. The monoisotopic (exact) mass is 342 g/mol. The Morgan fingerprint density at radius 1 is 1.20 bits per heavy atom. The zero-order valence-electron chi connectivity index (χ0n) is 13.5. The van der Waals surface area contributed by atoms with Gasteiger partial charge in [0.25, 0.3) is 11.8 Å². The number of carbonyl (C=O) groups excluding carboxylic acids is 2. The standard InChI is InChI=1S/C17H18N4O4/c1-11(9-15(22)23)20-16(24)12-7-8-14(19-10-12)17(25)21(18)13-5-3-2-4-6-13/h2-8,10-11H,9,18H2,1H3,(H,20,24)(H,22,23). The fourth-order valence-electron chi connectivity index (χ4n) is 2.10. The molecule has 1 heterocycles. The van der Waals surface area contributed by atoms with Crippen LogP contribution in [0.4, 0.5) is 5.69 Å². The average molecular weight is 342 g/mol. The van der Waals surface area contributed by atoms with Crippen molar-refractivity contribution in [3.63, 3.8) is 0 Å². The first-order chi connectivity index (χ1) is 11.9. The van der Waals surface area contributed by atoms with Gasteiger partial charge in [-0.15, -0.1) is 0 Å². The minimum atomic E-state index is -1.00. The first-order valence-electron chi connectivity index (χ1n) is 7.51. The number of anilines is 1. The Morgan fingerprint density at radius 2 is 1.88 bits per heavy atom. The Morgan fingerprint density at radius 3 is 2.44 bits per heavy atom. The summed E-state index contributed by atoms with van der Waals surface area (Å²) in [5.74, 6) is 3.80. The maximum atomic E-state index is 12.3. The third-order valence-electron chi connectivity index (χ3n) is 3.36. The highest BCUT2D eigenvalue weighted by Crippen LogP contribution is 2.12. The summed E-state index contributed by atoms with van der Waals surface area (Å²) < 4.78 is 0. The van der Waals surface area contributed by atoms with Gasteiger partial charge in [-0.1, -0.05) is 18.2 Å². The topological polar surface area (TPSA) is 126 Å². The minimum absolute atomic E-state index is 0.0847. The van der Waals surface area contributed by atoms with Gasteiger partial charge in [0.2, 0.25) is 0 Å². The molecule has 0 aliphatic heterocycles. The highest BCUT2D eigenvalue weighted by molar-refractivity contribution is 6.04. The van der Waals surface area contributed by atoms with Gasteiger partial charge in [-0.3, -0.25) is 19.4 Å². The molecule has 0 aliphatic rings. The third kappa shape index (κ3) is 4.85. The molecule has 2 rings (SSSR count). The van der Waals surface area contributed by atoms with E-state index in [4.69, 9.17) is 10.9 Å². The Hall–Kier alpha value is -3.26. The van der Waals surface area contributed by atoms with E-state index in [1.807, 2.05) is 0 Å². The Labute approximate surface area is 144 Å². The molecular formula is C17H18N4O4. The van der Waals surface area contributed by atoms with Gasteiger partial charge in [0.05, 0.1) is 17.7 Å². The number of amides is 2. The SMILES string of the molecule is CC(CC(=O)O)NC(=O)c1ccc(C(=O)N(N)c2ccccc2)nc1. The predicted octanol–water partition coefficient (Wildman–Crippen LogP) is 1.20. The number of carbonyl (C=O) groups is 3. The molecule has 0 saturated heterocycles. The Balaban J connectivity index is 2.05. The molecule has 0 spiro atoms. The zero-order valence-corrected chi connectivity index (χ0v) is 13.5. The number of benzene rings is 1. The van der Waals surface area contributed by atoms with Crippen molar-refractivity contribution >= 4 is 23.5 Å². The van der Waals surface area contributed by atoms with E-state index in [1.54, 1.807) is 37.3 Å². The van der Waals surface area contributed by atoms with E-state index in [9.17, 15) is 14.4 Å². The van der Waals surface area contributed by atoms with Gasteiger partial charge in [0.1, 0.15) is 5.69 Å². The van der Waals surface area contributed by atoms with Crippen LogP contribution in [0.1, 0.15) is 34.2 Å². The lowest BCUT2D eigenvalue weighted by molar-refractivity contribution is -0.137. The molecule has 1 atom stereocenters. The van der Waals surface area contributed by atoms with Crippen LogP contribution in [0.25, 0.3) is 0 Å². The molecule has 2 aromatic rings. The molecule has 0 bridgehead atoms. The van der Waals surface area contributed by atoms with Gasteiger partial charge < -0.3 is 10.4 Å². The lowest BCUT2D eigenvalue weighted by atomic mass is 10.2. The molecule has 1 aromatic carbocycles. The van der Waals surface area contributed by atoms with Gasteiger partial charge in [-0.05, 0) is 31.2 Å². The van der Waals surface area contributed by atoms with Crippen molar-refractivity contribution in [2.24, 2.45) is 5.84 Å². The molecule has 1 aromatic heterocycles. The smallest absolute Gasteiger partial charge is 0.305 e. The maximum Gasteiger partial charge on any atom is 0.305 e. The van der Waals surface area contributed by atoms with Crippen molar-refractivity contribution < 1.29 is 19.5 Å². The number of hydrazine groups is 1. The van der Waals surface area contributed by atoms with Crippen LogP contribution in [0.3, 0.4) is 0 Å². The second kappa shape index (κ2) is 8.02.